The highest BCUT2D eigenvalue weighted by atomic mass is 35.5. The Kier molecular flexibility index (Phi) is 4.58. The summed E-state index contributed by atoms with van der Waals surface area (Å²) in [5.41, 5.74) is 1.52. The number of hydrogen-bond donors (Lipinski definition) is 0. The lowest BCUT2D eigenvalue weighted by Gasteiger charge is -2.05. The topological polar surface area (TPSA) is 26.3 Å². The Morgan fingerprint density at radius 2 is 1.79 bits per heavy atom. The summed E-state index contributed by atoms with van der Waals surface area (Å²) in [5.74, 6) is 0.827. The predicted molar refractivity (Wildman–Crippen MR) is 77.1 cm³/mol. The number of ether oxygens (including phenoxy) is 1. The van der Waals surface area contributed by atoms with Gasteiger partial charge in [0.25, 0.3) is 0 Å². The van der Waals surface area contributed by atoms with Crippen molar-refractivity contribution in [1.82, 2.24) is 0 Å². The van der Waals surface area contributed by atoms with Gasteiger partial charge >= 0.3 is 0 Å². The van der Waals surface area contributed by atoms with E-state index in [1.807, 2.05) is 37.3 Å². The fourth-order valence-corrected chi connectivity index (χ4v) is 2.02. The fraction of sp³-hybridized carbons (Fsp3) is 0.188. The van der Waals surface area contributed by atoms with Crippen molar-refractivity contribution in [3.63, 3.8) is 0 Å². The highest BCUT2D eigenvalue weighted by Gasteiger charge is 2.09. The van der Waals surface area contributed by atoms with Gasteiger partial charge in [-0.25, -0.2) is 0 Å². The van der Waals surface area contributed by atoms with E-state index in [-0.39, 0.29) is 5.78 Å². The number of hydrogen-bond acceptors (Lipinski definition) is 2. The summed E-state index contributed by atoms with van der Waals surface area (Å²) in [6.07, 6.45) is 0.313. The smallest absolute Gasteiger partial charge is 0.167 e. The quantitative estimate of drug-likeness (QED) is 0.765. The van der Waals surface area contributed by atoms with Gasteiger partial charge in [-0.1, -0.05) is 29.8 Å². The summed E-state index contributed by atoms with van der Waals surface area (Å²) >= 11 is 6.05. The van der Waals surface area contributed by atoms with E-state index in [2.05, 4.69) is 0 Å². The number of Topliss-reactive ketones (excluding diaryl/α,β-unsaturated/α-hetero) is 1. The van der Waals surface area contributed by atoms with Crippen LogP contribution in [-0.2, 0) is 6.42 Å². The molecule has 2 rings (SSSR count). The molecule has 19 heavy (non-hydrogen) atoms. The molecular formula is C16H15ClO2. The molecule has 98 valence electrons. The zero-order valence-corrected chi connectivity index (χ0v) is 11.5. The van der Waals surface area contributed by atoms with Gasteiger partial charge in [0.15, 0.2) is 5.78 Å². The molecule has 0 bridgehead atoms. The van der Waals surface area contributed by atoms with Crippen molar-refractivity contribution in [2.45, 2.75) is 13.3 Å². The number of carbonyl (C=O) groups excluding carboxylic acids is 1. The average Bonchev–Trinajstić information content (AvgIpc) is 2.42. The molecule has 0 aliphatic rings. The van der Waals surface area contributed by atoms with Crippen LogP contribution in [0.3, 0.4) is 0 Å². The SMILES string of the molecule is CCOc1ccc(C(=O)Cc2ccccc2Cl)cc1. The lowest BCUT2D eigenvalue weighted by molar-refractivity contribution is 0.0993. The molecule has 2 aromatic rings. The third kappa shape index (κ3) is 3.58. The van der Waals surface area contributed by atoms with Gasteiger partial charge in [0, 0.05) is 17.0 Å². The van der Waals surface area contributed by atoms with Crippen LogP contribution in [0.25, 0.3) is 0 Å². The van der Waals surface area contributed by atoms with Crippen LogP contribution in [0.15, 0.2) is 48.5 Å². The molecule has 0 saturated carbocycles. The number of halogens is 1. The van der Waals surface area contributed by atoms with Gasteiger partial charge in [0.05, 0.1) is 6.61 Å². The first-order valence-electron chi connectivity index (χ1n) is 6.20. The second-order valence-electron chi connectivity index (χ2n) is 4.15. The molecule has 0 aliphatic carbocycles. The molecule has 0 aliphatic heterocycles. The van der Waals surface area contributed by atoms with Crippen molar-refractivity contribution in [2.24, 2.45) is 0 Å². The largest absolute Gasteiger partial charge is 0.494 e. The number of rotatable bonds is 5. The molecule has 0 radical (unpaired) electrons. The molecule has 0 saturated heterocycles. The van der Waals surface area contributed by atoms with Crippen molar-refractivity contribution in [1.29, 1.82) is 0 Å². The molecule has 0 amide bonds. The molecule has 0 N–H and O–H groups in total. The zero-order chi connectivity index (χ0) is 13.7. The molecule has 2 nitrogen and oxygen atoms in total. The number of carbonyl (C=O) groups is 1. The van der Waals surface area contributed by atoms with Crippen molar-refractivity contribution in [2.75, 3.05) is 6.61 Å². The lowest BCUT2D eigenvalue weighted by atomic mass is 10.0. The second kappa shape index (κ2) is 6.39. The van der Waals surface area contributed by atoms with Crippen LogP contribution in [0.5, 0.6) is 5.75 Å². The first kappa shape index (κ1) is 13.6. The van der Waals surface area contributed by atoms with E-state index in [9.17, 15) is 4.79 Å². The molecule has 0 aromatic heterocycles. The third-order valence-electron chi connectivity index (χ3n) is 2.80. The van der Waals surface area contributed by atoms with Crippen LogP contribution in [-0.4, -0.2) is 12.4 Å². The van der Waals surface area contributed by atoms with Crippen molar-refractivity contribution >= 4 is 17.4 Å². The monoisotopic (exact) mass is 274 g/mol. The molecule has 0 atom stereocenters. The average molecular weight is 275 g/mol. The van der Waals surface area contributed by atoms with Crippen LogP contribution in [0, 0.1) is 0 Å². The maximum absolute atomic E-state index is 12.1. The van der Waals surface area contributed by atoms with Gasteiger partial charge in [-0.2, -0.15) is 0 Å². The van der Waals surface area contributed by atoms with E-state index in [1.54, 1.807) is 18.2 Å². The maximum atomic E-state index is 12.1. The Hall–Kier alpha value is -1.80. The zero-order valence-electron chi connectivity index (χ0n) is 10.7. The molecule has 0 spiro atoms. The minimum atomic E-state index is 0.0520. The summed E-state index contributed by atoms with van der Waals surface area (Å²) in [7, 11) is 0. The van der Waals surface area contributed by atoms with Gasteiger partial charge in [-0.3, -0.25) is 4.79 Å². The highest BCUT2D eigenvalue weighted by Crippen LogP contribution is 2.18. The normalized spacial score (nSPS) is 10.2. The van der Waals surface area contributed by atoms with E-state index in [4.69, 9.17) is 16.3 Å². The van der Waals surface area contributed by atoms with E-state index >= 15 is 0 Å². The Labute approximate surface area is 118 Å². The predicted octanol–water partition coefficient (Wildman–Crippen LogP) is 4.16. The summed E-state index contributed by atoms with van der Waals surface area (Å²) in [6.45, 7) is 2.55. The number of benzene rings is 2. The van der Waals surface area contributed by atoms with Crippen LogP contribution in [0.4, 0.5) is 0 Å². The van der Waals surface area contributed by atoms with Crippen LogP contribution in [0.1, 0.15) is 22.8 Å². The molecular weight excluding hydrogens is 260 g/mol. The maximum Gasteiger partial charge on any atom is 0.167 e. The lowest BCUT2D eigenvalue weighted by Crippen LogP contribution is -2.04. The Bertz CT molecular complexity index is 561. The summed E-state index contributed by atoms with van der Waals surface area (Å²) < 4.78 is 5.35. The van der Waals surface area contributed by atoms with Gasteiger partial charge in [0.2, 0.25) is 0 Å². The summed E-state index contributed by atoms with van der Waals surface area (Å²) in [6, 6.07) is 14.6. The van der Waals surface area contributed by atoms with E-state index < -0.39 is 0 Å². The van der Waals surface area contributed by atoms with Crippen LogP contribution in [0.2, 0.25) is 5.02 Å². The molecule has 2 aromatic carbocycles. The van der Waals surface area contributed by atoms with Gasteiger partial charge in [-0.15, -0.1) is 0 Å². The van der Waals surface area contributed by atoms with Crippen LogP contribution < -0.4 is 4.74 Å². The van der Waals surface area contributed by atoms with E-state index in [0.29, 0.717) is 23.6 Å². The molecule has 0 unspecified atom stereocenters. The van der Waals surface area contributed by atoms with E-state index in [0.717, 1.165) is 11.3 Å². The van der Waals surface area contributed by atoms with E-state index in [1.165, 1.54) is 0 Å². The van der Waals surface area contributed by atoms with Crippen LogP contribution >= 0.6 is 11.6 Å². The minimum absolute atomic E-state index is 0.0520. The molecule has 3 heteroatoms. The Morgan fingerprint density at radius 3 is 2.42 bits per heavy atom. The van der Waals surface area contributed by atoms with Gasteiger partial charge in [-0.05, 0) is 42.8 Å². The minimum Gasteiger partial charge on any atom is -0.494 e. The van der Waals surface area contributed by atoms with Gasteiger partial charge < -0.3 is 4.74 Å². The Balaban J connectivity index is 2.10. The summed E-state index contributed by atoms with van der Waals surface area (Å²) in [5, 5.41) is 0.627. The van der Waals surface area contributed by atoms with Crippen molar-refractivity contribution in [3.05, 3.63) is 64.7 Å². The second-order valence-corrected chi connectivity index (χ2v) is 4.56. The van der Waals surface area contributed by atoms with Gasteiger partial charge in [0.1, 0.15) is 5.75 Å². The Morgan fingerprint density at radius 1 is 1.11 bits per heavy atom. The highest BCUT2D eigenvalue weighted by molar-refractivity contribution is 6.31. The third-order valence-corrected chi connectivity index (χ3v) is 3.16. The van der Waals surface area contributed by atoms with Crippen molar-refractivity contribution < 1.29 is 9.53 Å². The summed E-state index contributed by atoms with van der Waals surface area (Å²) in [4.78, 5) is 12.1. The number of ketones is 1. The van der Waals surface area contributed by atoms with Crippen molar-refractivity contribution in [3.8, 4) is 5.75 Å². The first-order chi connectivity index (χ1) is 9.20. The fourth-order valence-electron chi connectivity index (χ4n) is 1.82. The standard InChI is InChI=1S/C16H15ClO2/c1-2-19-14-9-7-12(8-10-14)16(18)11-13-5-3-4-6-15(13)17/h3-10H,2,11H2,1H3. The first-order valence-corrected chi connectivity index (χ1v) is 6.58. The molecule has 0 fully saturated rings. The molecule has 0 heterocycles.